The third kappa shape index (κ3) is 3.92. The normalized spacial score (nSPS) is 10.4. The Morgan fingerprint density at radius 1 is 1.18 bits per heavy atom. The lowest BCUT2D eigenvalue weighted by Gasteiger charge is -2.20. The fraction of sp³-hybridized carbons (Fsp3) is 0.267. The Balaban J connectivity index is 2.05. The van der Waals surface area contributed by atoms with Gasteiger partial charge in [0.15, 0.2) is 5.76 Å². The van der Waals surface area contributed by atoms with E-state index in [1.807, 2.05) is 30.3 Å². The van der Waals surface area contributed by atoms with Crippen molar-refractivity contribution in [3.63, 3.8) is 0 Å². The molecular weight excluding hydrogens is 286 g/mol. The van der Waals surface area contributed by atoms with E-state index in [1.165, 1.54) is 17.0 Å². The van der Waals surface area contributed by atoms with Crippen molar-refractivity contribution in [1.82, 2.24) is 4.90 Å². The molecule has 116 valence electrons. The topological polar surface area (TPSA) is 103 Å². The summed E-state index contributed by atoms with van der Waals surface area (Å²) in [4.78, 5) is 23.8. The van der Waals surface area contributed by atoms with Gasteiger partial charge < -0.3 is 15.1 Å². The number of carbonyl (C=O) groups excluding carboxylic acids is 1. The van der Waals surface area contributed by atoms with Gasteiger partial charge in [-0.3, -0.25) is 14.9 Å². The number of hydrogen-bond donors (Lipinski definition) is 1. The summed E-state index contributed by atoms with van der Waals surface area (Å²) in [6, 6.07) is 12.2. The summed E-state index contributed by atoms with van der Waals surface area (Å²) in [5.41, 5.74) is 6.63. The predicted octanol–water partition coefficient (Wildman–Crippen LogP) is 1.83. The molecule has 0 aliphatic heterocycles. The Morgan fingerprint density at radius 2 is 1.91 bits per heavy atom. The Labute approximate surface area is 127 Å². The number of rotatable bonds is 7. The van der Waals surface area contributed by atoms with Gasteiger partial charge in [-0.15, -0.1) is 0 Å². The van der Waals surface area contributed by atoms with E-state index >= 15 is 0 Å². The van der Waals surface area contributed by atoms with E-state index in [1.54, 1.807) is 0 Å². The van der Waals surface area contributed by atoms with Gasteiger partial charge in [0, 0.05) is 19.6 Å². The molecule has 0 aliphatic carbocycles. The number of nitrogens with two attached hydrogens (primary N) is 1. The molecule has 0 atom stereocenters. The number of nitrogens with zero attached hydrogens (tertiary/aromatic N) is 2. The number of nitro groups is 1. The van der Waals surface area contributed by atoms with Crippen LogP contribution in [0.25, 0.3) is 0 Å². The first kappa shape index (κ1) is 15.7. The Bertz CT molecular complexity index is 639. The van der Waals surface area contributed by atoms with Gasteiger partial charge in [0.05, 0.1) is 6.07 Å². The first-order valence-corrected chi connectivity index (χ1v) is 6.89. The summed E-state index contributed by atoms with van der Waals surface area (Å²) in [7, 11) is 0. The Morgan fingerprint density at radius 3 is 2.50 bits per heavy atom. The maximum absolute atomic E-state index is 12.3. The van der Waals surface area contributed by atoms with Gasteiger partial charge in [-0.2, -0.15) is 0 Å². The summed E-state index contributed by atoms with van der Waals surface area (Å²) < 4.78 is 4.96. The number of carbonyl (C=O) groups is 1. The van der Waals surface area contributed by atoms with Crippen LogP contribution in [0.15, 0.2) is 46.9 Å². The second-order valence-electron chi connectivity index (χ2n) is 4.71. The monoisotopic (exact) mass is 303 g/mol. The number of hydrogen-bond acceptors (Lipinski definition) is 5. The van der Waals surface area contributed by atoms with E-state index in [-0.39, 0.29) is 5.76 Å². The van der Waals surface area contributed by atoms with Gasteiger partial charge in [-0.05, 0) is 18.1 Å². The van der Waals surface area contributed by atoms with Crippen molar-refractivity contribution in [2.24, 2.45) is 5.73 Å². The second kappa shape index (κ2) is 7.37. The van der Waals surface area contributed by atoms with Crippen LogP contribution in [-0.4, -0.2) is 35.4 Å². The largest absolute Gasteiger partial charge is 0.433 e. The van der Waals surface area contributed by atoms with Crippen LogP contribution in [0.1, 0.15) is 16.1 Å². The third-order valence-corrected chi connectivity index (χ3v) is 3.18. The van der Waals surface area contributed by atoms with Crippen LogP contribution in [-0.2, 0) is 6.42 Å². The number of benzene rings is 1. The van der Waals surface area contributed by atoms with E-state index in [9.17, 15) is 14.9 Å². The average molecular weight is 303 g/mol. The molecule has 0 fully saturated rings. The van der Waals surface area contributed by atoms with Gasteiger partial charge >= 0.3 is 5.88 Å². The van der Waals surface area contributed by atoms with Gasteiger partial charge in [-0.25, -0.2) is 0 Å². The summed E-state index contributed by atoms with van der Waals surface area (Å²) in [6.07, 6.45) is 0.676. The molecule has 1 amide bonds. The molecule has 2 N–H and O–H groups in total. The van der Waals surface area contributed by atoms with E-state index in [4.69, 9.17) is 10.2 Å². The van der Waals surface area contributed by atoms with Crippen LogP contribution >= 0.6 is 0 Å². The number of amides is 1. The maximum Gasteiger partial charge on any atom is 0.433 e. The first-order valence-electron chi connectivity index (χ1n) is 6.89. The molecule has 1 aromatic heterocycles. The van der Waals surface area contributed by atoms with Crippen LogP contribution in [0.2, 0.25) is 0 Å². The SMILES string of the molecule is NCCN(CCc1ccccc1)C(=O)c1ccc([N+](=O)[O-])o1. The van der Waals surface area contributed by atoms with Crippen molar-refractivity contribution in [1.29, 1.82) is 0 Å². The zero-order valence-electron chi connectivity index (χ0n) is 12.0. The van der Waals surface area contributed by atoms with Gasteiger partial charge in [0.1, 0.15) is 4.92 Å². The average Bonchev–Trinajstić information content (AvgIpc) is 3.02. The molecule has 7 heteroatoms. The minimum absolute atomic E-state index is 0.0480. The number of furan rings is 1. The first-order chi connectivity index (χ1) is 10.6. The van der Waals surface area contributed by atoms with Crippen LogP contribution in [0.5, 0.6) is 0 Å². The highest BCUT2D eigenvalue weighted by molar-refractivity contribution is 5.91. The zero-order valence-corrected chi connectivity index (χ0v) is 12.0. The van der Waals surface area contributed by atoms with Crippen molar-refractivity contribution >= 4 is 11.8 Å². The molecule has 0 spiro atoms. The molecule has 2 rings (SSSR count). The molecule has 0 unspecified atom stereocenters. The van der Waals surface area contributed by atoms with Crippen LogP contribution in [0, 0.1) is 10.1 Å². The zero-order chi connectivity index (χ0) is 15.9. The lowest BCUT2D eigenvalue weighted by Crippen LogP contribution is -2.36. The molecule has 0 saturated carbocycles. The van der Waals surface area contributed by atoms with Crippen molar-refractivity contribution in [3.8, 4) is 0 Å². The fourth-order valence-electron chi connectivity index (χ4n) is 2.08. The van der Waals surface area contributed by atoms with Crippen molar-refractivity contribution < 1.29 is 14.1 Å². The molecule has 0 radical (unpaired) electrons. The summed E-state index contributed by atoms with van der Waals surface area (Å²) in [6.45, 7) is 1.14. The van der Waals surface area contributed by atoms with Crippen molar-refractivity contribution in [2.45, 2.75) is 6.42 Å². The van der Waals surface area contributed by atoms with E-state index in [2.05, 4.69) is 0 Å². The van der Waals surface area contributed by atoms with Crippen LogP contribution in [0.3, 0.4) is 0 Å². The molecular formula is C15H17N3O4. The lowest BCUT2D eigenvalue weighted by molar-refractivity contribution is -0.402. The highest BCUT2D eigenvalue weighted by atomic mass is 16.6. The minimum atomic E-state index is -0.673. The van der Waals surface area contributed by atoms with E-state index < -0.39 is 16.7 Å². The van der Waals surface area contributed by atoms with Gasteiger partial charge in [0.2, 0.25) is 0 Å². The van der Waals surface area contributed by atoms with E-state index in [0.717, 1.165) is 5.56 Å². The third-order valence-electron chi connectivity index (χ3n) is 3.18. The maximum atomic E-state index is 12.3. The summed E-state index contributed by atoms with van der Waals surface area (Å²) in [5, 5.41) is 10.6. The molecule has 0 saturated heterocycles. The molecule has 7 nitrogen and oxygen atoms in total. The Hall–Kier alpha value is -2.67. The van der Waals surface area contributed by atoms with Gasteiger partial charge in [0.25, 0.3) is 5.91 Å². The molecule has 0 aliphatic rings. The highest BCUT2D eigenvalue weighted by Gasteiger charge is 2.22. The Kier molecular flexibility index (Phi) is 5.26. The standard InChI is InChI=1S/C15H17N3O4/c16-9-11-17(10-8-12-4-2-1-3-5-12)15(19)13-6-7-14(22-13)18(20)21/h1-7H,8-11,16H2. The predicted molar refractivity (Wildman–Crippen MR) is 80.5 cm³/mol. The van der Waals surface area contributed by atoms with E-state index in [0.29, 0.717) is 26.1 Å². The molecule has 1 aromatic carbocycles. The smallest absolute Gasteiger partial charge is 0.395 e. The van der Waals surface area contributed by atoms with Crippen molar-refractivity contribution in [3.05, 3.63) is 63.9 Å². The molecule has 2 aromatic rings. The molecule has 1 heterocycles. The van der Waals surface area contributed by atoms with Crippen LogP contribution in [0.4, 0.5) is 5.88 Å². The second-order valence-corrected chi connectivity index (χ2v) is 4.71. The van der Waals surface area contributed by atoms with Gasteiger partial charge in [-0.1, -0.05) is 30.3 Å². The van der Waals surface area contributed by atoms with Crippen molar-refractivity contribution in [2.75, 3.05) is 19.6 Å². The quantitative estimate of drug-likeness (QED) is 0.621. The summed E-state index contributed by atoms with van der Waals surface area (Å²) in [5.74, 6) is -0.887. The minimum Gasteiger partial charge on any atom is -0.395 e. The lowest BCUT2D eigenvalue weighted by atomic mass is 10.1. The fourth-order valence-corrected chi connectivity index (χ4v) is 2.08. The van der Waals surface area contributed by atoms with Crippen LogP contribution < -0.4 is 5.73 Å². The summed E-state index contributed by atoms with van der Waals surface area (Å²) >= 11 is 0. The highest BCUT2D eigenvalue weighted by Crippen LogP contribution is 2.17. The molecule has 22 heavy (non-hydrogen) atoms. The molecule has 0 bridgehead atoms.